The number of benzene rings is 2. The van der Waals surface area contributed by atoms with E-state index in [1.807, 2.05) is 31.2 Å². The van der Waals surface area contributed by atoms with Crippen molar-refractivity contribution in [3.63, 3.8) is 0 Å². The normalized spacial score (nSPS) is 25.4. The third-order valence-electron chi connectivity index (χ3n) is 7.46. The van der Waals surface area contributed by atoms with Gasteiger partial charge in [0.25, 0.3) is 5.91 Å². The molecule has 2 aromatic carbocycles. The summed E-state index contributed by atoms with van der Waals surface area (Å²) < 4.78 is 1.12. The number of hydrogen-bond acceptors (Lipinski definition) is 2. The molecule has 3 aliphatic carbocycles. The number of pyridine rings is 1. The predicted octanol–water partition coefficient (Wildman–Crippen LogP) is 6.66. The van der Waals surface area contributed by atoms with Crippen LogP contribution in [0.2, 0.25) is 0 Å². The summed E-state index contributed by atoms with van der Waals surface area (Å²) in [5.74, 6) is 0.0598. The lowest BCUT2D eigenvalue weighted by Crippen LogP contribution is -2.56. The highest BCUT2D eigenvalue weighted by atomic mass is 127. The number of halogens is 1. The van der Waals surface area contributed by atoms with Crippen molar-refractivity contribution in [3.05, 3.63) is 63.2 Å². The number of carbonyl (C=O) groups excluding carboxylic acids is 1. The number of nitrogens with zero attached hydrogens (tertiary/aromatic N) is 1. The van der Waals surface area contributed by atoms with Gasteiger partial charge in [-0.25, -0.2) is 4.98 Å². The van der Waals surface area contributed by atoms with Gasteiger partial charge >= 0.3 is 0 Å². The fraction of sp³-hybridized carbons (Fsp3) is 0.385. The third-order valence-corrected chi connectivity index (χ3v) is 8.14. The predicted molar refractivity (Wildman–Crippen MR) is 131 cm³/mol. The minimum absolute atomic E-state index is 0.0360. The van der Waals surface area contributed by atoms with Crippen LogP contribution in [0.15, 0.2) is 48.5 Å². The Labute approximate surface area is 191 Å². The van der Waals surface area contributed by atoms with E-state index < -0.39 is 0 Å². The van der Waals surface area contributed by atoms with Gasteiger partial charge in [-0.3, -0.25) is 4.79 Å². The summed E-state index contributed by atoms with van der Waals surface area (Å²) >= 11 is 2.31. The summed E-state index contributed by atoms with van der Waals surface area (Å²) in [6, 6.07) is 16.4. The molecule has 6 rings (SSSR count). The highest BCUT2D eigenvalue weighted by Crippen LogP contribution is 2.52. The zero-order valence-corrected chi connectivity index (χ0v) is 19.8. The van der Waals surface area contributed by atoms with Crippen molar-refractivity contribution in [2.24, 2.45) is 5.41 Å². The standard InChI is InChI=1S/C26H27IN2O/c1-17-22(24(30)29-26-13-10-25(2,11-14-26)12-15-26)20-16-19(27)8-9-21(20)28-23(17)18-6-4-3-5-7-18/h3-9,16H,10-15H2,1-2H3,(H,29,30). The molecular weight excluding hydrogens is 483 g/mol. The number of hydrogen-bond donors (Lipinski definition) is 1. The smallest absolute Gasteiger partial charge is 0.252 e. The first kappa shape index (κ1) is 20.0. The summed E-state index contributed by atoms with van der Waals surface area (Å²) in [6.07, 6.45) is 6.95. The van der Waals surface area contributed by atoms with Crippen LogP contribution in [0.25, 0.3) is 22.2 Å². The topological polar surface area (TPSA) is 42.0 Å². The molecule has 1 heterocycles. The van der Waals surface area contributed by atoms with E-state index in [-0.39, 0.29) is 11.4 Å². The average Bonchev–Trinajstić information content (AvgIpc) is 2.75. The molecule has 3 saturated carbocycles. The van der Waals surface area contributed by atoms with Crippen molar-refractivity contribution >= 4 is 39.4 Å². The van der Waals surface area contributed by atoms with E-state index in [1.54, 1.807) is 0 Å². The van der Waals surface area contributed by atoms with Gasteiger partial charge in [-0.1, -0.05) is 37.3 Å². The molecule has 0 spiro atoms. The fourth-order valence-corrected chi connectivity index (χ4v) is 5.86. The Hall–Kier alpha value is -1.95. The van der Waals surface area contributed by atoms with Gasteiger partial charge in [-0.05, 0) is 97.2 Å². The summed E-state index contributed by atoms with van der Waals surface area (Å²) in [5.41, 5.74) is 5.02. The first-order valence-corrected chi connectivity index (χ1v) is 11.9. The SMILES string of the molecule is Cc1c(-c2ccccc2)nc2ccc(I)cc2c1C(=O)NC12CCC(C)(CC1)CC2. The molecule has 2 bridgehead atoms. The fourth-order valence-electron chi connectivity index (χ4n) is 5.36. The van der Waals surface area contributed by atoms with Crippen LogP contribution in [0.5, 0.6) is 0 Å². The van der Waals surface area contributed by atoms with E-state index in [4.69, 9.17) is 4.98 Å². The first-order valence-electron chi connectivity index (χ1n) is 10.9. The van der Waals surface area contributed by atoms with Crippen LogP contribution in [0, 0.1) is 15.9 Å². The molecule has 1 N–H and O–H groups in total. The third kappa shape index (κ3) is 3.43. The number of amides is 1. The van der Waals surface area contributed by atoms with E-state index in [0.717, 1.165) is 56.1 Å². The summed E-state index contributed by atoms with van der Waals surface area (Å²) in [4.78, 5) is 18.7. The Morgan fingerprint density at radius 3 is 2.33 bits per heavy atom. The van der Waals surface area contributed by atoms with Crippen LogP contribution in [0.4, 0.5) is 0 Å². The van der Waals surface area contributed by atoms with E-state index in [9.17, 15) is 4.79 Å². The van der Waals surface area contributed by atoms with Crippen molar-refractivity contribution in [1.29, 1.82) is 0 Å². The van der Waals surface area contributed by atoms with E-state index in [0.29, 0.717) is 5.41 Å². The Bertz CT molecular complexity index is 1110. The van der Waals surface area contributed by atoms with Crippen LogP contribution in [0.3, 0.4) is 0 Å². The van der Waals surface area contributed by atoms with E-state index in [1.165, 1.54) is 19.3 Å². The molecule has 3 aromatic rings. The van der Waals surface area contributed by atoms with Gasteiger partial charge in [-0.2, -0.15) is 0 Å². The lowest BCUT2D eigenvalue weighted by atomic mass is 9.58. The maximum atomic E-state index is 13.8. The average molecular weight is 510 g/mol. The highest BCUT2D eigenvalue weighted by molar-refractivity contribution is 14.1. The second-order valence-electron chi connectivity index (χ2n) is 9.53. The maximum absolute atomic E-state index is 13.8. The number of fused-ring (bicyclic) bond motifs is 4. The summed E-state index contributed by atoms with van der Waals surface area (Å²) in [6.45, 7) is 4.45. The van der Waals surface area contributed by atoms with Gasteiger partial charge in [0.2, 0.25) is 0 Å². The van der Waals surface area contributed by atoms with Crippen LogP contribution < -0.4 is 5.32 Å². The van der Waals surface area contributed by atoms with Gasteiger partial charge in [0, 0.05) is 20.1 Å². The molecular formula is C26H27IN2O. The number of aromatic nitrogens is 1. The zero-order valence-electron chi connectivity index (χ0n) is 17.6. The van der Waals surface area contributed by atoms with Crippen molar-refractivity contribution in [3.8, 4) is 11.3 Å². The van der Waals surface area contributed by atoms with Crippen molar-refractivity contribution in [2.45, 2.75) is 57.9 Å². The Morgan fingerprint density at radius 1 is 1.00 bits per heavy atom. The molecule has 0 radical (unpaired) electrons. The lowest BCUT2D eigenvalue weighted by molar-refractivity contribution is 0.0339. The Kier molecular flexibility index (Phi) is 4.88. The van der Waals surface area contributed by atoms with Gasteiger partial charge in [0.15, 0.2) is 0 Å². The summed E-state index contributed by atoms with van der Waals surface area (Å²) in [7, 11) is 0. The van der Waals surface area contributed by atoms with Crippen LogP contribution in [-0.4, -0.2) is 16.4 Å². The van der Waals surface area contributed by atoms with Crippen molar-refractivity contribution in [2.75, 3.05) is 0 Å². The van der Waals surface area contributed by atoms with Gasteiger partial charge in [0.1, 0.15) is 0 Å². The molecule has 0 atom stereocenters. The lowest BCUT2D eigenvalue weighted by Gasteiger charge is -2.52. The van der Waals surface area contributed by atoms with Crippen LogP contribution >= 0.6 is 22.6 Å². The molecule has 3 nitrogen and oxygen atoms in total. The molecule has 1 amide bonds. The molecule has 0 unspecified atom stereocenters. The van der Waals surface area contributed by atoms with Crippen molar-refractivity contribution in [1.82, 2.24) is 10.3 Å². The van der Waals surface area contributed by atoms with Crippen LogP contribution in [0.1, 0.15) is 61.4 Å². The quantitative estimate of drug-likeness (QED) is 0.401. The minimum atomic E-state index is -0.0360. The second-order valence-corrected chi connectivity index (χ2v) is 10.8. The minimum Gasteiger partial charge on any atom is -0.347 e. The van der Waals surface area contributed by atoms with Crippen molar-refractivity contribution < 1.29 is 4.79 Å². The number of carbonyl (C=O) groups is 1. The number of rotatable bonds is 3. The van der Waals surface area contributed by atoms with Gasteiger partial charge in [0.05, 0.1) is 16.8 Å². The van der Waals surface area contributed by atoms with Crippen LogP contribution in [-0.2, 0) is 0 Å². The molecule has 154 valence electrons. The largest absolute Gasteiger partial charge is 0.347 e. The highest BCUT2D eigenvalue weighted by Gasteiger charge is 2.47. The van der Waals surface area contributed by atoms with Gasteiger partial charge < -0.3 is 5.32 Å². The zero-order chi connectivity index (χ0) is 20.9. The maximum Gasteiger partial charge on any atom is 0.252 e. The van der Waals surface area contributed by atoms with E-state index >= 15 is 0 Å². The molecule has 4 heteroatoms. The Morgan fingerprint density at radius 2 is 1.67 bits per heavy atom. The second kappa shape index (κ2) is 7.33. The monoisotopic (exact) mass is 510 g/mol. The Balaban J connectivity index is 1.61. The molecule has 30 heavy (non-hydrogen) atoms. The number of nitrogens with one attached hydrogen (secondary N) is 1. The molecule has 0 saturated heterocycles. The molecule has 0 aliphatic heterocycles. The molecule has 1 aromatic heterocycles. The summed E-state index contributed by atoms with van der Waals surface area (Å²) in [5, 5.41) is 4.46. The molecule has 3 fully saturated rings. The first-order chi connectivity index (χ1) is 14.4. The van der Waals surface area contributed by atoms with Gasteiger partial charge in [-0.15, -0.1) is 0 Å². The molecule has 3 aliphatic rings. The van der Waals surface area contributed by atoms with E-state index in [2.05, 4.69) is 59.1 Å².